The third kappa shape index (κ3) is 3.98. The molecule has 0 nitrogen and oxygen atoms in total. The molecule has 5 aromatic rings. The topological polar surface area (TPSA) is 0 Å². The van der Waals surface area contributed by atoms with Crippen molar-refractivity contribution in [2.75, 3.05) is 0 Å². The SMILES string of the molecule is C(=C\c1cccs1)/c1ccc([P+](c2ccccc2)(c2ccccc2)c2ccccc2)cc1. The first-order valence-electron chi connectivity index (χ1n) is 10.8. The normalized spacial score (nSPS) is 11.6. The van der Waals surface area contributed by atoms with Crippen molar-refractivity contribution in [3.05, 3.63) is 143 Å². The molecule has 5 rings (SSSR count). The molecule has 0 saturated carbocycles. The van der Waals surface area contributed by atoms with Gasteiger partial charge in [0.1, 0.15) is 28.5 Å². The molecule has 0 amide bonds. The maximum absolute atomic E-state index is 2.33. The Bertz CT molecular complexity index is 1180. The van der Waals surface area contributed by atoms with E-state index in [4.69, 9.17) is 0 Å². The predicted molar refractivity (Wildman–Crippen MR) is 144 cm³/mol. The average molecular weight is 448 g/mol. The Labute approximate surface area is 194 Å². The molecule has 0 radical (unpaired) electrons. The van der Waals surface area contributed by atoms with Crippen LogP contribution < -0.4 is 21.2 Å². The number of rotatable bonds is 6. The molecule has 154 valence electrons. The van der Waals surface area contributed by atoms with E-state index < -0.39 is 7.26 Å². The highest BCUT2D eigenvalue weighted by atomic mass is 32.1. The maximum Gasteiger partial charge on any atom is 0.144 e. The van der Waals surface area contributed by atoms with E-state index in [2.05, 4.69) is 145 Å². The van der Waals surface area contributed by atoms with Crippen LogP contribution in [-0.4, -0.2) is 0 Å². The highest BCUT2D eigenvalue weighted by molar-refractivity contribution is 8.01. The monoisotopic (exact) mass is 447 g/mol. The number of hydrogen-bond donors (Lipinski definition) is 0. The molecule has 0 fully saturated rings. The highest BCUT2D eigenvalue weighted by Gasteiger charge is 2.47. The van der Waals surface area contributed by atoms with Crippen LogP contribution in [0.5, 0.6) is 0 Å². The number of hydrogen-bond acceptors (Lipinski definition) is 1. The lowest BCUT2D eigenvalue weighted by molar-refractivity contribution is 1.68. The van der Waals surface area contributed by atoms with Crippen molar-refractivity contribution in [2.24, 2.45) is 0 Å². The largest absolute Gasteiger partial charge is 0.144 e. The van der Waals surface area contributed by atoms with Gasteiger partial charge in [-0.2, -0.15) is 0 Å². The molecule has 1 heterocycles. The van der Waals surface area contributed by atoms with Crippen LogP contribution in [-0.2, 0) is 0 Å². The minimum atomic E-state index is -2.01. The number of thiophene rings is 1. The van der Waals surface area contributed by atoms with Crippen LogP contribution in [0.25, 0.3) is 12.2 Å². The summed E-state index contributed by atoms with van der Waals surface area (Å²) in [4.78, 5) is 1.27. The summed E-state index contributed by atoms with van der Waals surface area (Å²) in [6, 6.07) is 46.4. The molecule has 0 saturated heterocycles. The summed E-state index contributed by atoms with van der Waals surface area (Å²) in [5.41, 5.74) is 1.22. The lowest BCUT2D eigenvalue weighted by Crippen LogP contribution is -2.38. The predicted octanol–water partition coefficient (Wildman–Crippen LogP) is 6.54. The van der Waals surface area contributed by atoms with E-state index in [1.165, 1.54) is 31.7 Å². The van der Waals surface area contributed by atoms with E-state index in [0.717, 1.165) is 0 Å². The van der Waals surface area contributed by atoms with Crippen molar-refractivity contribution < 1.29 is 0 Å². The van der Waals surface area contributed by atoms with Crippen molar-refractivity contribution in [3.8, 4) is 0 Å². The Morgan fingerprint density at radius 1 is 0.438 bits per heavy atom. The summed E-state index contributed by atoms with van der Waals surface area (Å²) in [7, 11) is -2.01. The minimum Gasteiger partial charge on any atom is -0.144 e. The van der Waals surface area contributed by atoms with Gasteiger partial charge in [-0.15, -0.1) is 11.3 Å². The van der Waals surface area contributed by atoms with Crippen molar-refractivity contribution in [1.29, 1.82) is 0 Å². The minimum absolute atomic E-state index is 1.22. The van der Waals surface area contributed by atoms with Crippen LogP contribution in [0.2, 0.25) is 0 Å². The zero-order chi connectivity index (χ0) is 21.6. The zero-order valence-corrected chi connectivity index (χ0v) is 19.4. The molecular formula is C30H24PS+. The molecule has 0 N–H and O–H groups in total. The van der Waals surface area contributed by atoms with Gasteiger partial charge in [0.05, 0.1) is 0 Å². The molecule has 32 heavy (non-hydrogen) atoms. The summed E-state index contributed by atoms with van der Waals surface area (Å²) in [5.74, 6) is 0. The zero-order valence-electron chi connectivity index (χ0n) is 17.7. The first-order valence-corrected chi connectivity index (χ1v) is 13.4. The Morgan fingerprint density at radius 2 is 0.906 bits per heavy atom. The van der Waals surface area contributed by atoms with Gasteiger partial charge in [0.2, 0.25) is 0 Å². The van der Waals surface area contributed by atoms with E-state index in [-0.39, 0.29) is 0 Å². The molecule has 2 heteroatoms. The lowest BCUT2D eigenvalue weighted by atomic mass is 10.2. The Balaban J connectivity index is 1.70. The van der Waals surface area contributed by atoms with Gasteiger partial charge in [0, 0.05) is 4.88 Å². The summed E-state index contributed by atoms with van der Waals surface area (Å²) in [6.07, 6.45) is 4.39. The summed E-state index contributed by atoms with van der Waals surface area (Å²) in [6.45, 7) is 0. The number of benzene rings is 4. The molecule has 0 bridgehead atoms. The highest BCUT2D eigenvalue weighted by Crippen LogP contribution is 2.54. The van der Waals surface area contributed by atoms with Gasteiger partial charge < -0.3 is 0 Å². The van der Waals surface area contributed by atoms with Crippen molar-refractivity contribution in [3.63, 3.8) is 0 Å². The molecule has 0 unspecified atom stereocenters. The Hall–Kier alpha value is -3.25. The Kier molecular flexibility index (Phi) is 6.12. The molecule has 1 aromatic heterocycles. The van der Waals surface area contributed by atoms with Crippen molar-refractivity contribution in [2.45, 2.75) is 0 Å². The first kappa shape index (κ1) is 20.6. The van der Waals surface area contributed by atoms with E-state index >= 15 is 0 Å². The van der Waals surface area contributed by atoms with Gasteiger partial charge in [-0.25, -0.2) is 0 Å². The van der Waals surface area contributed by atoms with Crippen LogP contribution in [0.3, 0.4) is 0 Å². The van der Waals surface area contributed by atoms with Crippen LogP contribution in [0.1, 0.15) is 10.4 Å². The fraction of sp³-hybridized carbons (Fsp3) is 0. The van der Waals surface area contributed by atoms with Crippen LogP contribution in [0.4, 0.5) is 0 Å². The molecule has 4 aromatic carbocycles. The van der Waals surface area contributed by atoms with Gasteiger partial charge in [0.15, 0.2) is 0 Å². The second-order valence-corrected chi connectivity index (χ2v) is 12.0. The lowest BCUT2D eigenvalue weighted by Gasteiger charge is -2.27. The molecule has 0 aliphatic rings. The van der Waals surface area contributed by atoms with E-state index in [0.29, 0.717) is 0 Å². The quantitative estimate of drug-likeness (QED) is 0.259. The molecule has 0 spiro atoms. The second-order valence-electron chi connectivity index (χ2n) is 7.62. The van der Waals surface area contributed by atoms with E-state index in [1.54, 1.807) is 11.3 Å². The van der Waals surface area contributed by atoms with Gasteiger partial charge >= 0.3 is 0 Å². The van der Waals surface area contributed by atoms with Crippen LogP contribution in [0.15, 0.2) is 133 Å². The van der Waals surface area contributed by atoms with Gasteiger partial charge in [-0.3, -0.25) is 0 Å². The molecule has 0 atom stereocenters. The summed E-state index contributed by atoms with van der Waals surface area (Å²) < 4.78 is 0. The summed E-state index contributed by atoms with van der Waals surface area (Å²) >= 11 is 1.76. The third-order valence-corrected chi connectivity index (χ3v) is 10.8. The van der Waals surface area contributed by atoms with Crippen molar-refractivity contribution in [1.82, 2.24) is 0 Å². The van der Waals surface area contributed by atoms with Gasteiger partial charge in [-0.05, 0) is 71.6 Å². The second kappa shape index (κ2) is 9.49. The van der Waals surface area contributed by atoms with Crippen LogP contribution in [0, 0.1) is 0 Å². The van der Waals surface area contributed by atoms with Crippen molar-refractivity contribution >= 4 is 52.0 Å². The first-order chi connectivity index (χ1) is 15.9. The fourth-order valence-corrected chi connectivity index (χ4v) is 9.08. The standard InChI is InChI=1S/C30H24PS/c1-4-11-26(12-5-1)31(27-13-6-2-7-14-27,28-15-8-3-9-16-28)29-21-18-25(19-22-29)20-23-30-17-10-24-32-30/h1-24H/q+1/b23-20+. The smallest absolute Gasteiger partial charge is 0.144 e. The molecular weight excluding hydrogens is 423 g/mol. The molecule has 0 aliphatic heterocycles. The molecule has 0 aliphatic carbocycles. The van der Waals surface area contributed by atoms with Crippen LogP contribution >= 0.6 is 18.6 Å². The third-order valence-electron chi connectivity index (χ3n) is 5.69. The van der Waals surface area contributed by atoms with Gasteiger partial charge in [-0.1, -0.05) is 78.9 Å². The van der Waals surface area contributed by atoms with Gasteiger partial charge in [0.25, 0.3) is 0 Å². The maximum atomic E-state index is 2.33. The fourth-order valence-electron chi connectivity index (χ4n) is 4.22. The Morgan fingerprint density at radius 3 is 1.34 bits per heavy atom. The summed E-state index contributed by atoms with van der Waals surface area (Å²) in [5, 5.41) is 7.61. The van der Waals surface area contributed by atoms with E-state index in [9.17, 15) is 0 Å². The average Bonchev–Trinajstić information content (AvgIpc) is 3.40. The van der Waals surface area contributed by atoms with E-state index in [1.807, 2.05) is 0 Å².